The first-order valence-corrected chi connectivity index (χ1v) is 11.2. The molecule has 0 N–H and O–H groups in total. The highest BCUT2D eigenvalue weighted by Gasteiger charge is 2.63. The maximum Gasteiger partial charge on any atom is 0.395 e. The van der Waals surface area contributed by atoms with E-state index in [1.807, 2.05) is 17.0 Å². The van der Waals surface area contributed by atoms with E-state index in [0.717, 1.165) is 16.5 Å². The van der Waals surface area contributed by atoms with Gasteiger partial charge in [0.2, 0.25) is 0 Å². The molecule has 5 rings (SSSR count). The number of aromatic nitrogens is 5. The Morgan fingerprint density at radius 1 is 1.15 bits per heavy atom. The van der Waals surface area contributed by atoms with Crippen molar-refractivity contribution >= 4 is 16.7 Å². The monoisotopic (exact) mass is 458 g/mol. The lowest BCUT2D eigenvalue weighted by Crippen LogP contribution is -2.43. The molecular weight excluding hydrogens is 433 g/mol. The van der Waals surface area contributed by atoms with Crippen molar-refractivity contribution < 1.29 is 18.0 Å². The van der Waals surface area contributed by atoms with Crippen molar-refractivity contribution in [3.8, 4) is 11.3 Å². The summed E-state index contributed by atoms with van der Waals surface area (Å²) in [5, 5.41) is 8.92. The molecule has 174 valence electrons. The number of piperidine rings is 1. The lowest BCUT2D eigenvalue weighted by atomic mass is 9.89. The van der Waals surface area contributed by atoms with E-state index in [1.165, 1.54) is 0 Å². The average molecular weight is 458 g/mol. The Bertz CT molecular complexity index is 1180. The molecule has 10 heteroatoms. The number of likely N-dealkylation sites (tertiary alicyclic amines) is 1. The summed E-state index contributed by atoms with van der Waals surface area (Å²) in [4.78, 5) is 23.6. The SMILES string of the molecule is Cn1cc(-c2cnc3cnc(CC(=O)C4CCN(CC5(C(F)(F)F)CC5)CC4)cc3c2)nn1. The highest BCUT2D eigenvalue weighted by atomic mass is 19.4. The van der Waals surface area contributed by atoms with Gasteiger partial charge in [0, 0.05) is 48.8 Å². The highest BCUT2D eigenvalue weighted by molar-refractivity contribution is 5.86. The molecule has 33 heavy (non-hydrogen) atoms. The summed E-state index contributed by atoms with van der Waals surface area (Å²) >= 11 is 0. The average Bonchev–Trinajstić information content (AvgIpc) is 3.45. The molecule has 2 aliphatic rings. The molecule has 1 saturated carbocycles. The van der Waals surface area contributed by atoms with E-state index in [-0.39, 0.29) is 37.5 Å². The van der Waals surface area contributed by atoms with Crippen LogP contribution in [0, 0.1) is 11.3 Å². The molecule has 0 aromatic carbocycles. The third kappa shape index (κ3) is 4.48. The van der Waals surface area contributed by atoms with Crippen LogP contribution in [0.5, 0.6) is 0 Å². The predicted octanol–water partition coefficient (Wildman–Crippen LogP) is 3.59. The van der Waals surface area contributed by atoms with Crippen molar-refractivity contribution in [2.45, 2.75) is 38.3 Å². The van der Waals surface area contributed by atoms with Crippen molar-refractivity contribution in [2.75, 3.05) is 19.6 Å². The standard InChI is InChI=1S/C23H25F3N6O/c1-31-13-20(29-30-31)17-8-16-9-18(27-12-19(16)28-11-17)10-21(33)15-2-6-32(7-3-15)14-22(4-5-22)23(24,25)26/h8-9,11-13,15H,2-7,10,14H2,1H3. The Labute approximate surface area is 189 Å². The second-order valence-electron chi connectivity index (χ2n) is 9.34. The second kappa shape index (κ2) is 8.16. The summed E-state index contributed by atoms with van der Waals surface area (Å²) in [7, 11) is 1.80. The van der Waals surface area contributed by atoms with Crippen molar-refractivity contribution in [3.05, 3.63) is 36.4 Å². The van der Waals surface area contributed by atoms with Crippen LogP contribution in [0.4, 0.5) is 13.2 Å². The van der Waals surface area contributed by atoms with Crippen LogP contribution in [-0.2, 0) is 18.3 Å². The van der Waals surface area contributed by atoms with Gasteiger partial charge in [-0.05, 0) is 50.9 Å². The lowest BCUT2D eigenvalue weighted by Gasteiger charge is -2.34. The van der Waals surface area contributed by atoms with Gasteiger partial charge in [0.15, 0.2) is 0 Å². The maximum absolute atomic E-state index is 13.2. The molecule has 0 bridgehead atoms. The number of ketones is 1. The van der Waals surface area contributed by atoms with Gasteiger partial charge in [0.1, 0.15) is 11.5 Å². The predicted molar refractivity (Wildman–Crippen MR) is 115 cm³/mol. The van der Waals surface area contributed by atoms with Crippen LogP contribution in [0.25, 0.3) is 22.2 Å². The Morgan fingerprint density at radius 3 is 2.55 bits per heavy atom. The van der Waals surface area contributed by atoms with E-state index >= 15 is 0 Å². The molecule has 2 fully saturated rings. The summed E-state index contributed by atoms with van der Waals surface area (Å²) in [6, 6.07) is 3.82. The van der Waals surface area contributed by atoms with E-state index in [0.29, 0.717) is 37.3 Å². The summed E-state index contributed by atoms with van der Waals surface area (Å²) in [5.74, 6) is -0.0414. The normalized spacial score (nSPS) is 19.2. The summed E-state index contributed by atoms with van der Waals surface area (Å²) < 4.78 is 41.3. The van der Waals surface area contributed by atoms with Crippen LogP contribution < -0.4 is 0 Å². The molecule has 1 aliphatic heterocycles. The van der Waals surface area contributed by atoms with Crippen LogP contribution in [0.3, 0.4) is 0 Å². The zero-order chi connectivity index (χ0) is 23.2. The van der Waals surface area contributed by atoms with Gasteiger partial charge in [0.05, 0.1) is 23.3 Å². The van der Waals surface area contributed by atoms with Crippen LogP contribution in [0.15, 0.2) is 30.7 Å². The van der Waals surface area contributed by atoms with E-state index in [4.69, 9.17) is 0 Å². The number of rotatable bonds is 6. The number of halogens is 3. The second-order valence-corrected chi connectivity index (χ2v) is 9.34. The van der Waals surface area contributed by atoms with Crippen molar-refractivity contribution in [1.29, 1.82) is 0 Å². The molecule has 7 nitrogen and oxygen atoms in total. The fourth-order valence-corrected chi connectivity index (χ4v) is 4.64. The van der Waals surface area contributed by atoms with Gasteiger partial charge >= 0.3 is 6.18 Å². The van der Waals surface area contributed by atoms with Gasteiger partial charge in [-0.25, -0.2) is 0 Å². The molecule has 0 radical (unpaired) electrons. The van der Waals surface area contributed by atoms with Crippen molar-refractivity contribution in [1.82, 2.24) is 29.9 Å². The number of aryl methyl sites for hydroxylation is 1. The molecule has 0 spiro atoms. The Balaban J connectivity index is 1.21. The summed E-state index contributed by atoms with van der Waals surface area (Å²) in [6.07, 6.45) is 2.89. The smallest absolute Gasteiger partial charge is 0.302 e. The fraction of sp³-hybridized carbons (Fsp3) is 0.522. The third-order valence-electron chi connectivity index (χ3n) is 6.90. The zero-order valence-corrected chi connectivity index (χ0v) is 18.3. The molecule has 1 saturated heterocycles. The van der Waals surface area contributed by atoms with E-state index in [1.54, 1.807) is 30.3 Å². The number of pyridine rings is 2. The van der Waals surface area contributed by atoms with Crippen LogP contribution in [0.2, 0.25) is 0 Å². The van der Waals surface area contributed by atoms with Gasteiger partial charge in [0.25, 0.3) is 0 Å². The number of hydrogen-bond acceptors (Lipinski definition) is 6. The Morgan fingerprint density at radius 2 is 1.91 bits per heavy atom. The molecule has 0 unspecified atom stereocenters. The number of carbonyl (C=O) groups is 1. The number of nitrogens with zero attached hydrogens (tertiary/aromatic N) is 6. The zero-order valence-electron chi connectivity index (χ0n) is 18.3. The number of Topliss-reactive ketones (excluding diaryl/α,β-unsaturated/α-hetero) is 1. The van der Waals surface area contributed by atoms with Crippen LogP contribution in [0.1, 0.15) is 31.4 Å². The van der Waals surface area contributed by atoms with Gasteiger partial charge in [-0.3, -0.25) is 19.4 Å². The minimum absolute atomic E-state index is 0.0603. The largest absolute Gasteiger partial charge is 0.395 e. The first-order chi connectivity index (χ1) is 15.7. The maximum atomic E-state index is 13.2. The third-order valence-corrected chi connectivity index (χ3v) is 6.90. The van der Waals surface area contributed by atoms with E-state index < -0.39 is 11.6 Å². The summed E-state index contributed by atoms with van der Waals surface area (Å²) in [5.41, 5.74) is 1.43. The molecular formula is C23H25F3N6O. The van der Waals surface area contributed by atoms with Gasteiger partial charge in [-0.2, -0.15) is 13.2 Å². The lowest BCUT2D eigenvalue weighted by molar-refractivity contribution is -0.192. The molecule has 0 atom stereocenters. The van der Waals surface area contributed by atoms with Gasteiger partial charge in [-0.15, -0.1) is 5.10 Å². The van der Waals surface area contributed by atoms with Crippen molar-refractivity contribution in [2.24, 2.45) is 18.4 Å². The highest BCUT2D eigenvalue weighted by Crippen LogP contribution is 2.58. The first-order valence-electron chi connectivity index (χ1n) is 11.2. The number of carbonyl (C=O) groups excluding carboxylic acids is 1. The fourth-order valence-electron chi connectivity index (χ4n) is 4.64. The summed E-state index contributed by atoms with van der Waals surface area (Å²) in [6.45, 7) is 1.13. The topological polar surface area (TPSA) is 76.8 Å². The minimum atomic E-state index is -4.14. The molecule has 3 aromatic rings. The molecule has 1 aliphatic carbocycles. The van der Waals surface area contributed by atoms with Crippen LogP contribution >= 0.6 is 0 Å². The minimum Gasteiger partial charge on any atom is -0.302 e. The first kappa shape index (κ1) is 21.9. The number of alkyl halides is 3. The number of fused-ring (bicyclic) bond motifs is 1. The number of hydrogen-bond donors (Lipinski definition) is 0. The Kier molecular flexibility index (Phi) is 5.43. The molecule has 3 aromatic heterocycles. The van der Waals surface area contributed by atoms with Gasteiger partial charge in [-0.1, -0.05) is 5.21 Å². The van der Waals surface area contributed by atoms with Crippen molar-refractivity contribution in [3.63, 3.8) is 0 Å². The molecule has 0 amide bonds. The molecule has 4 heterocycles. The Hall–Kier alpha value is -2.88. The van der Waals surface area contributed by atoms with Gasteiger partial charge < -0.3 is 4.90 Å². The van der Waals surface area contributed by atoms with E-state index in [9.17, 15) is 18.0 Å². The van der Waals surface area contributed by atoms with E-state index in [2.05, 4.69) is 20.3 Å². The quantitative estimate of drug-likeness (QED) is 0.562. The van der Waals surface area contributed by atoms with Crippen LogP contribution in [-0.4, -0.2) is 61.5 Å².